The summed E-state index contributed by atoms with van der Waals surface area (Å²) < 4.78 is 13.5. The molecular weight excluding hydrogens is 771 g/mol. The summed E-state index contributed by atoms with van der Waals surface area (Å²) in [5, 5.41) is 0. The van der Waals surface area contributed by atoms with E-state index in [4.69, 9.17) is 8.83 Å². The van der Waals surface area contributed by atoms with Crippen molar-refractivity contribution in [2.45, 2.75) is 73.5 Å². The minimum atomic E-state index is -1.30. The number of benzene rings is 4. The van der Waals surface area contributed by atoms with Crippen molar-refractivity contribution >= 4 is 23.3 Å². The predicted molar refractivity (Wildman–Crippen MR) is 209 cm³/mol. The molecule has 6 aromatic rings. The first-order valence-electron chi connectivity index (χ1n) is 18.8. The van der Waals surface area contributed by atoms with E-state index in [0.29, 0.717) is 7.25 Å². The number of hydrogen-bond donors (Lipinski definition) is 0. The van der Waals surface area contributed by atoms with Crippen LogP contribution in [0, 0.1) is 13.8 Å². The van der Waals surface area contributed by atoms with Gasteiger partial charge in [0, 0.05) is 0 Å². The molecule has 0 bridgehead atoms. The second-order valence-corrected chi connectivity index (χ2v) is 17.9. The molecule has 5 heteroatoms. The molecule has 4 aromatic carbocycles. The van der Waals surface area contributed by atoms with Crippen LogP contribution >= 0.6 is 0 Å². The summed E-state index contributed by atoms with van der Waals surface area (Å²) in [5.41, 5.74) is 16.3. The molecule has 2 aromatic heterocycles. The summed E-state index contributed by atoms with van der Waals surface area (Å²) in [6, 6.07) is 41.1. The number of unbranched alkanes of at least 4 members (excludes halogenated alkanes) is 2. The Morgan fingerprint density at radius 1 is 0.509 bits per heavy atom. The molecule has 0 aliphatic heterocycles. The fraction of sp³-hybridized carbons (Fsp3) is 0.250. The van der Waals surface area contributed by atoms with Gasteiger partial charge in [0.05, 0.1) is 0 Å². The van der Waals surface area contributed by atoms with E-state index in [-0.39, 0.29) is 24.8 Å². The first kappa shape index (κ1) is 39.1. The van der Waals surface area contributed by atoms with Gasteiger partial charge in [0.1, 0.15) is 0 Å². The van der Waals surface area contributed by atoms with Crippen LogP contribution in [-0.4, -0.2) is 0 Å². The summed E-state index contributed by atoms with van der Waals surface area (Å²) in [5.74, 6) is 3.92. The van der Waals surface area contributed by atoms with Crippen molar-refractivity contribution in [3.8, 4) is 22.3 Å². The zero-order valence-electron chi connectivity index (χ0n) is 31.0. The van der Waals surface area contributed by atoms with Gasteiger partial charge in [-0.25, -0.2) is 0 Å². The Morgan fingerprint density at radius 2 is 0.925 bits per heavy atom. The molecule has 0 spiro atoms. The Hall–Kier alpha value is -3.62. The Balaban J connectivity index is 0.00000240. The van der Waals surface area contributed by atoms with Crippen LogP contribution in [-0.2, 0) is 36.1 Å². The van der Waals surface area contributed by atoms with Crippen LogP contribution < -0.4 is 24.8 Å². The average Bonchev–Trinajstić information content (AvgIpc) is 3.96. The van der Waals surface area contributed by atoms with E-state index in [1.807, 2.05) is 0 Å². The van der Waals surface area contributed by atoms with Crippen molar-refractivity contribution < 1.29 is 56.9 Å². The molecule has 0 amide bonds. The van der Waals surface area contributed by atoms with Gasteiger partial charge in [-0.3, -0.25) is 0 Å². The van der Waals surface area contributed by atoms with Gasteiger partial charge in [-0.2, -0.15) is 0 Å². The standard InChI is InChI=1S/2C24H23O.2ClH.Zr/c2*1-3-4-6-18-10-12-19(13-11-18)22-8-5-7-20-15-21(16-23(20)22)24-14-9-17(2)25-24;;;/h2*5,7-16H,3-4,6H2,1-2H3;2*1H;/q;;;;+2/p-2. The van der Waals surface area contributed by atoms with Gasteiger partial charge in [-0.05, 0) is 0 Å². The van der Waals surface area contributed by atoms with Crippen LogP contribution in [0.2, 0.25) is 0 Å². The second kappa shape index (κ2) is 17.2. The average molecular weight is 817 g/mol. The van der Waals surface area contributed by atoms with Crippen molar-refractivity contribution in [2.75, 3.05) is 0 Å². The summed E-state index contributed by atoms with van der Waals surface area (Å²) in [6.45, 7) is 8.63. The molecule has 2 aliphatic rings. The first-order chi connectivity index (χ1) is 25.0. The van der Waals surface area contributed by atoms with E-state index in [9.17, 15) is 0 Å². The fourth-order valence-corrected chi connectivity index (χ4v) is 12.8. The zero-order valence-corrected chi connectivity index (χ0v) is 35.0. The fourth-order valence-electron chi connectivity index (χ4n) is 7.90. The van der Waals surface area contributed by atoms with Crippen LogP contribution in [0.1, 0.15) is 103 Å². The molecule has 0 saturated heterocycles. The topological polar surface area (TPSA) is 26.3 Å². The van der Waals surface area contributed by atoms with Crippen LogP contribution in [0.3, 0.4) is 0 Å². The van der Waals surface area contributed by atoms with Gasteiger partial charge in [-0.15, -0.1) is 0 Å². The van der Waals surface area contributed by atoms with E-state index in [1.54, 1.807) is 0 Å². The van der Waals surface area contributed by atoms with Crippen molar-refractivity contribution in [1.29, 1.82) is 0 Å². The number of rotatable bonds is 12. The number of furan rings is 2. The quantitative estimate of drug-likeness (QED) is 0.128. The monoisotopic (exact) mass is 814 g/mol. The van der Waals surface area contributed by atoms with E-state index < -0.39 is 23.2 Å². The van der Waals surface area contributed by atoms with Crippen molar-refractivity contribution in [2.24, 2.45) is 0 Å². The van der Waals surface area contributed by atoms with E-state index in [1.165, 1.54) is 92.5 Å². The Bertz CT molecular complexity index is 2080. The summed E-state index contributed by atoms with van der Waals surface area (Å²) in [6.07, 6.45) is 12.1. The van der Waals surface area contributed by atoms with Crippen LogP contribution in [0.15, 0.2) is 118 Å². The molecule has 0 fully saturated rings. The van der Waals surface area contributed by atoms with E-state index in [2.05, 4.69) is 149 Å². The number of allylic oxidation sites excluding steroid dienone is 2. The SMILES string of the molecule is CCCCc1ccc(-c2cccc3c2C=C(c2ccc(C)o2)[CH]3[Zr+2][CH]2C(c3ccc(C)o3)=Cc3c(-c4ccc(CCCC)cc4)cccc32)cc1.[Cl-].[Cl-]. The van der Waals surface area contributed by atoms with Crippen LogP contribution in [0.4, 0.5) is 0 Å². The third kappa shape index (κ3) is 7.96. The number of halogens is 2. The molecule has 2 nitrogen and oxygen atoms in total. The van der Waals surface area contributed by atoms with Crippen molar-refractivity contribution in [1.82, 2.24) is 0 Å². The first-order valence-corrected chi connectivity index (χ1v) is 21.6. The molecule has 53 heavy (non-hydrogen) atoms. The number of aryl methyl sites for hydroxylation is 4. The van der Waals surface area contributed by atoms with Crippen LogP contribution in [0.5, 0.6) is 0 Å². The van der Waals surface area contributed by atoms with E-state index >= 15 is 0 Å². The van der Waals surface area contributed by atoms with Crippen molar-refractivity contribution in [3.63, 3.8) is 0 Å². The molecule has 8 rings (SSSR count). The van der Waals surface area contributed by atoms with Gasteiger partial charge in [0.25, 0.3) is 0 Å². The third-order valence-corrected chi connectivity index (χ3v) is 15.4. The summed E-state index contributed by atoms with van der Waals surface area (Å²) in [7, 11) is 0. The molecular formula is C48H46Cl2O2Zr. The maximum absolute atomic E-state index is 6.41. The van der Waals surface area contributed by atoms with Gasteiger partial charge >= 0.3 is 317 Å². The molecule has 2 unspecified atom stereocenters. The van der Waals surface area contributed by atoms with Crippen LogP contribution in [0.25, 0.3) is 45.6 Å². The number of hydrogen-bond acceptors (Lipinski definition) is 2. The maximum Gasteiger partial charge on any atom is -1.00 e. The second-order valence-electron chi connectivity index (χ2n) is 14.3. The number of fused-ring (bicyclic) bond motifs is 2. The molecule has 0 N–H and O–H groups in total. The molecule has 268 valence electrons. The third-order valence-electron chi connectivity index (χ3n) is 10.7. The Kier molecular flexibility index (Phi) is 12.7. The summed E-state index contributed by atoms with van der Waals surface area (Å²) >= 11 is -1.30. The molecule has 2 aliphatic carbocycles. The molecule has 2 atom stereocenters. The van der Waals surface area contributed by atoms with E-state index in [0.717, 1.165) is 35.9 Å². The summed E-state index contributed by atoms with van der Waals surface area (Å²) in [4.78, 5) is 0. The molecule has 2 heterocycles. The minimum absolute atomic E-state index is 0. The predicted octanol–water partition coefficient (Wildman–Crippen LogP) is 7.49. The largest absolute Gasteiger partial charge is 1.00 e. The van der Waals surface area contributed by atoms with Gasteiger partial charge in [-0.1, -0.05) is 0 Å². The maximum atomic E-state index is 6.41. The Labute approximate surface area is 339 Å². The van der Waals surface area contributed by atoms with Gasteiger partial charge in [0.15, 0.2) is 0 Å². The zero-order chi connectivity index (χ0) is 34.9. The normalized spacial score (nSPS) is 15.5. The molecule has 0 saturated carbocycles. The van der Waals surface area contributed by atoms with Gasteiger partial charge < -0.3 is 24.8 Å². The smallest absolute Gasteiger partial charge is 1.00 e. The van der Waals surface area contributed by atoms with Gasteiger partial charge in [0.2, 0.25) is 0 Å². The van der Waals surface area contributed by atoms with Crippen molar-refractivity contribution in [3.05, 3.63) is 166 Å². The minimum Gasteiger partial charge on any atom is -1.00 e. The molecule has 0 radical (unpaired) electrons. The Morgan fingerprint density at radius 3 is 1.28 bits per heavy atom.